The standard InChI is InChI=1S/C16H14ClF2N3O4/c1-9(10-2-4-11(17)5-3-10)20-16(23)21-13-8-12(22(24)25)6-7-14(13)26-15(18)19/h2-9,15H,1H3,(H2,20,21,23). The summed E-state index contributed by atoms with van der Waals surface area (Å²) < 4.78 is 29.2. The second-order valence-electron chi connectivity index (χ2n) is 5.19. The van der Waals surface area contributed by atoms with Gasteiger partial charge in [0.15, 0.2) is 0 Å². The first-order chi connectivity index (χ1) is 12.3. The number of alkyl halides is 2. The van der Waals surface area contributed by atoms with Crippen LogP contribution in [0.5, 0.6) is 5.75 Å². The minimum atomic E-state index is -3.15. The summed E-state index contributed by atoms with van der Waals surface area (Å²) in [6, 6.07) is 8.49. The molecule has 0 heterocycles. The zero-order valence-electron chi connectivity index (χ0n) is 13.4. The predicted octanol–water partition coefficient (Wildman–Crippen LogP) is 4.73. The molecule has 26 heavy (non-hydrogen) atoms. The lowest BCUT2D eigenvalue weighted by atomic mass is 10.1. The monoisotopic (exact) mass is 385 g/mol. The minimum Gasteiger partial charge on any atom is -0.433 e. The predicted molar refractivity (Wildman–Crippen MR) is 91.7 cm³/mol. The van der Waals surface area contributed by atoms with Crippen molar-refractivity contribution in [2.24, 2.45) is 0 Å². The first kappa shape index (κ1) is 19.4. The quantitative estimate of drug-likeness (QED) is 0.555. The van der Waals surface area contributed by atoms with Crippen molar-refractivity contribution < 1.29 is 23.2 Å². The number of ether oxygens (including phenoxy) is 1. The molecule has 0 aliphatic heterocycles. The molecule has 2 rings (SSSR count). The van der Waals surface area contributed by atoms with Gasteiger partial charge in [0.2, 0.25) is 0 Å². The number of rotatable bonds is 6. The van der Waals surface area contributed by atoms with Crippen LogP contribution in [0.2, 0.25) is 5.02 Å². The lowest BCUT2D eigenvalue weighted by molar-refractivity contribution is -0.384. The molecular weight excluding hydrogens is 372 g/mol. The average molecular weight is 386 g/mol. The van der Waals surface area contributed by atoms with Gasteiger partial charge >= 0.3 is 12.6 Å². The smallest absolute Gasteiger partial charge is 0.387 e. The number of nitro groups is 1. The number of nitrogens with one attached hydrogen (secondary N) is 2. The highest BCUT2D eigenvalue weighted by Gasteiger charge is 2.18. The molecular formula is C16H14ClF2N3O4. The number of nitro benzene ring substituents is 1. The Morgan fingerprint density at radius 2 is 1.88 bits per heavy atom. The third-order valence-corrected chi connectivity index (χ3v) is 3.61. The molecule has 2 N–H and O–H groups in total. The summed E-state index contributed by atoms with van der Waals surface area (Å²) in [5.41, 5.74) is 0.126. The van der Waals surface area contributed by atoms with Gasteiger partial charge in [-0.1, -0.05) is 23.7 Å². The summed E-state index contributed by atoms with van der Waals surface area (Å²) in [6.07, 6.45) is 0. The third kappa shape index (κ3) is 5.28. The first-order valence-corrected chi connectivity index (χ1v) is 7.70. The number of nitrogens with zero attached hydrogens (tertiary/aromatic N) is 1. The van der Waals surface area contributed by atoms with Crippen molar-refractivity contribution in [1.29, 1.82) is 0 Å². The van der Waals surface area contributed by atoms with Gasteiger partial charge < -0.3 is 15.4 Å². The molecule has 0 bridgehead atoms. The van der Waals surface area contributed by atoms with E-state index in [1.165, 1.54) is 0 Å². The van der Waals surface area contributed by atoms with Crippen molar-refractivity contribution in [2.45, 2.75) is 19.6 Å². The zero-order chi connectivity index (χ0) is 19.3. The van der Waals surface area contributed by atoms with E-state index in [-0.39, 0.29) is 17.1 Å². The largest absolute Gasteiger partial charge is 0.433 e. The Balaban J connectivity index is 2.14. The number of non-ortho nitro benzene ring substituents is 1. The Morgan fingerprint density at radius 1 is 1.23 bits per heavy atom. The molecule has 2 aromatic rings. The summed E-state index contributed by atoms with van der Waals surface area (Å²) in [4.78, 5) is 22.2. The number of amides is 2. The van der Waals surface area contributed by atoms with E-state index in [0.717, 1.165) is 23.8 Å². The van der Waals surface area contributed by atoms with Gasteiger partial charge in [0.25, 0.3) is 5.69 Å². The molecule has 10 heteroatoms. The van der Waals surface area contributed by atoms with Crippen molar-refractivity contribution in [3.05, 3.63) is 63.2 Å². The molecule has 2 amide bonds. The summed E-state index contributed by atoms with van der Waals surface area (Å²) in [6.45, 7) is -1.44. The number of benzene rings is 2. The van der Waals surface area contributed by atoms with E-state index in [2.05, 4.69) is 15.4 Å². The maximum atomic E-state index is 12.5. The maximum absolute atomic E-state index is 12.5. The van der Waals surface area contributed by atoms with Gasteiger partial charge in [-0.25, -0.2) is 4.79 Å². The fourth-order valence-corrected chi connectivity index (χ4v) is 2.24. The lowest BCUT2D eigenvalue weighted by Gasteiger charge is -2.16. The molecule has 7 nitrogen and oxygen atoms in total. The third-order valence-electron chi connectivity index (χ3n) is 3.36. The van der Waals surface area contributed by atoms with Crippen LogP contribution in [0.15, 0.2) is 42.5 Å². The molecule has 0 saturated heterocycles. The van der Waals surface area contributed by atoms with Crippen LogP contribution >= 0.6 is 11.6 Å². The fraction of sp³-hybridized carbons (Fsp3) is 0.188. The molecule has 138 valence electrons. The van der Waals surface area contributed by atoms with Gasteiger partial charge in [-0.05, 0) is 30.7 Å². The van der Waals surface area contributed by atoms with Crippen molar-refractivity contribution >= 4 is 29.0 Å². The van der Waals surface area contributed by atoms with Crippen LogP contribution in [-0.2, 0) is 0 Å². The number of urea groups is 1. The molecule has 0 aliphatic rings. The van der Waals surface area contributed by atoms with Crippen LogP contribution in [0.4, 0.5) is 25.0 Å². The molecule has 0 aliphatic carbocycles. The van der Waals surface area contributed by atoms with Crippen molar-refractivity contribution in [3.63, 3.8) is 0 Å². The number of hydrogen-bond acceptors (Lipinski definition) is 4. The molecule has 2 aromatic carbocycles. The molecule has 1 unspecified atom stereocenters. The van der Waals surface area contributed by atoms with E-state index < -0.39 is 23.6 Å². The highest BCUT2D eigenvalue weighted by atomic mass is 35.5. The number of halogens is 3. The van der Waals surface area contributed by atoms with Crippen LogP contribution in [0.25, 0.3) is 0 Å². The highest BCUT2D eigenvalue weighted by molar-refractivity contribution is 6.30. The second kappa shape index (κ2) is 8.43. The van der Waals surface area contributed by atoms with Gasteiger partial charge in [0.05, 0.1) is 16.7 Å². The summed E-state index contributed by atoms with van der Waals surface area (Å²) in [5.74, 6) is -0.389. The second-order valence-corrected chi connectivity index (χ2v) is 5.62. The Bertz CT molecular complexity index is 803. The molecule has 0 saturated carbocycles. The summed E-state index contributed by atoms with van der Waals surface area (Å²) in [7, 11) is 0. The number of carbonyl (C=O) groups excluding carboxylic acids is 1. The molecule has 0 spiro atoms. The van der Waals surface area contributed by atoms with Crippen molar-refractivity contribution in [2.75, 3.05) is 5.32 Å². The van der Waals surface area contributed by atoms with E-state index in [1.807, 2.05) is 0 Å². The van der Waals surface area contributed by atoms with Gasteiger partial charge in [-0.15, -0.1) is 0 Å². The van der Waals surface area contributed by atoms with E-state index >= 15 is 0 Å². The Kier molecular flexibility index (Phi) is 6.29. The Hall–Kier alpha value is -2.94. The van der Waals surface area contributed by atoms with Crippen LogP contribution in [0, 0.1) is 10.1 Å². The van der Waals surface area contributed by atoms with Crippen molar-refractivity contribution in [1.82, 2.24) is 5.32 Å². The summed E-state index contributed by atoms with van der Waals surface area (Å²) in [5, 5.41) is 16.2. The number of anilines is 1. The minimum absolute atomic E-state index is 0.250. The van der Waals surface area contributed by atoms with Gasteiger partial charge in [0.1, 0.15) is 5.75 Å². The lowest BCUT2D eigenvalue weighted by Crippen LogP contribution is -2.31. The zero-order valence-corrected chi connectivity index (χ0v) is 14.2. The maximum Gasteiger partial charge on any atom is 0.387 e. The van der Waals surface area contributed by atoms with Gasteiger partial charge in [-0.2, -0.15) is 8.78 Å². The SMILES string of the molecule is CC(NC(=O)Nc1cc([N+](=O)[O-])ccc1OC(F)F)c1ccc(Cl)cc1. The van der Waals surface area contributed by atoms with E-state index in [9.17, 15) is 23.7 Å². The Labute approximate surface area is 152 Å². The number of hydrogen-bond donors (Lipinski definition) is 2. The van der Waals surface area contributed by atoms with E-state index in [4.69, 9.17) is 11.6 Å². The van der Waals surface area contributed by atoms with E-state index in [0.29, 0.717) is 5.02 Å². The van der Waals surface area contributed by atoms with Crippen LogP contribution < -0.4 is 15.4 Å². The average Bonchev–Trinajstić information content (AvgIpc) is 2.56. The highest BCUT2D eigenvalue weighted by Crippen LogP contribution is 2.30. The Morgan fingerprint density at radius 3 is 2.46 bits per heavy atom. The normalized spacial score (nSPS) is 11.7. The molecule has 1 atom stereocenters. The number of carbonyl (C=O) groups is 1. The van der Waals surface area contributed by atoms with Crippen LogP contribution in [0.1, 0.15) is 18.5 Å². The van der Waals surface area contributed by atoms with E-state index in [1.54, 1.807) is 31.2 Å². The first-order valence-electron chi connectivity index (χ1n) is 7.32. The topological polar surface area (TPSA) is 93.5 Å². The molecule has 0 radical (unpaired) electrons. The molecule has 0 fully saturated rings. The van der Waals surface area contributed by atoms with Gasteiger partial charge in [0, 0.05) is 17.2 Å². The molecule has 0 aromatic heterocycles. The van der Waals surface area contributed by atoms with Gasteiger partial charge in [-0.3, -0.25) is 10.1 Å². The van der Waals surface area contributed by atoms with Crippen LogP contribution in [-0.4, -0.2) is 17.6 Å². The summed E-state index contributed by atoms with van der Waals surface area (Å²) >= 11 is 5.80. The van der Waals surface area contributed by atoms with Crippen molar-refractivity contribution in [3.8, 4) is 5.75 Å². The van der Waals surface area contributed by atoms with Crippen LogP contribution in [0.3, 0.4) is 0 Å². The fourth-order valence-electron chi connectivity index (χ4n) is 2.12.